The Balaban J connectivity index is 0.000000380. The maximum absolute atomic E-state index is 10.4. The summed E-state index contributed by atoms with van der Waals surface area (Å²) in [4.78, 5) is 51.7. The first kappa shape index (κ1) is 27.5. The van der Waals surface area contributed by atoms with Crippen molar-refractivity contribution in [2.75, 3.05) is 65.7 Å². The van der Waals surface area contributed by atoms with Crippen molar-refractivity contribution >= 4 is 35.7 Å². The molecule has 196 valence electrons. The van der Waals surface area contributed by atoms with Gasteiger partial charge >= 0.3 is 11.4 Å². The van der Waals surface area contributed by atoms with Crippen LogP contribution in [0.5, 0.6) is 0 Å². The number of rotatable bonds is 12. The predicted molar refractivity (Wildman–Crippen MR) is 123 cm³/mol. The van der Waals surface area contributed by atoms with Crippen LogP contribution in [0.2, 0.25) is 0 Å². The fourth-order valence-corrected chi connectivity index (χ4v) is 2.25. The molecule has 21 heteroatoms. The molecule has 21 nitrogen and oxygen atoms in total. The summed E-state index contributed by atoms with van der Waals surface area (Å²) in [5.41, 5.74) is 3.74. The van der Waals surface area contributed by atoms with E-state index in [4.69, 9.17) is 20.4 Å². The van der Waals surface area contributed by atoms with E-state index in [1.54, 1.807) is 14.0 Å². The second-order valence-corrected chi connectivity index (χ2v) is 6.29. The lowest BCUT2D eigenvalue weighted by molar-refractivity contribution is 0.210. The summed E-state index contributed by atoms with van der Waals surface area (Å²) in [6.45, 7) is 3.54. The van der Waals surface area contributed by atoms with Gasteiger partial charge in [0, 0.05) is 26.7 Å². The number of aromatic nitrogens is 9. The van der Waals surface area contributed by atoms with Crippen LogP contribution in [0.3, 0.4) is 0 Å². The van der Waals surface area contributed by atoms with E-state index in [0.717, 1.165) is 0 Å². The summed E-state index contributed by atoms with van der Waals surface area (Å²) in [7, 11) is 1.59. The quantitative estimate of drug-likeness (QED) is 0.0908. The Labute approximate surface area is 201 Å². The molecule has 0 aliphatic carbocycles. The lowest BCUT2D eigenvalue weighted by Gasteiger charge is -2.10. The zero-order chi connectivity index (χ0) is 26.3. The molecule has 0 aliphatic rings. The Bertz CT molecular complexity index is 1180. The van der Waals surface area contributed by atoms with Crippen LogP contribution < -0.4 is 43.8 Å². The van der Waals surface area contributed by atoms with Gasteiger partial charge in [-0.2, -0.15) is 34.9 Å². The van der Waals surface area contributed by atoms with Crippen LogP contribution >= 0.6 is 0 Å². The monoisotopic (exact) mass is 511 g/mol. The van der Waals surface area contributed by atoms with Crippen LogP contribution in [0.1, 0.15) is 5.82 Å². The number of aromatic amines is 2. The molecule has 11 N–H and O–H groups in total. The van der Waals surface area contributed by atoms with E-state index in [-0.39, 0.29) is 29.7 Å². The number of nitrogens with one attached hydrogen (secondary N) is 8. The summed E-state index contributed by atoms with van der Waals surface area (Å²) in [5.74, 6) is 1.09. The minimum absolute atomic E-state index is 0.00197. The van der Waals surface area contributed by atoms with Crippen LogP contribution in [-0.4, -0.2) is 93.8 Å². The molecule has 0 saturated heterocycles. The maximum Gasteiger partial charge on any atom is 0.352 e. The zero-order valence-corrected chi connectivity index (χ0v) is 19.0. The lowest BCUT2D eigenvalue weighted by atomic mass is 10.6. The van der Waals surface area contributed by atoms with Crippen molar-refractivity contribution in [1.29, 1.82) is 0 Å². The molecule has 0 aromatic carbocycles. The van der Waals surface area contributed by atoms with E-state index in [1.807, 2.05) is 20.9 Å². The Morgan fingerprint density at radius 3 is 1.72 bits per heavy atom. The largest absolute Gasteiger partial charge is 0.383 e. The number of ether oxygens (including phenoxy) is 1. The van der Waals surface area contributed by atoms with Gasteiger partial charge in [-0.05, 0) is 6.92 Å². The van der Waals surface area contributed by atoms with Gasteiger partial charge in [0.05, 0.1) is 6.61 Å². The highest BCUT2D eigenvalue weighted by Gasteiger charge is 2.06. The zero-order valence-electron chi connectivity index (χ0n) is 19.0. The van der Waals surface area contributed by atoms with Crippen molar-refractivity contribution in [1.82, 2.24) is 44.9 Å². The first-order valence-corrected chi connectivity index (χ1v) is 9.97. The third kappa shape index (κ3) is 9.64. The Morgan fingerprint density at radius 1 is 0.694 bits per heavy atom. The van der Waals surface area contributed by atoms with Gasteiger partial charge in [-0.15, -0.1) is 0 Å². The number of hydrogen-bond donors (Lipinski definition) is 11. The van der Waals surface area contributed by atoms with Crippen molar-refractivity contribution in [3.8, 4) is 0 Å². The van der Waals surface area contributed by atoms with Gasteiger partial charge in [0.25, 0.3) is 11.9 Å². The maximum atomic E-state index is 10.4. The molecule has 3 aromatic rings. The summed E-state index contributed by atoms with van der Waals surface area (Å²) >= 11 is 0. The van der Waals surface area contributed by atoms with Gasteiger partial charge in [-0.3, -0.25) is 25.6 Å². The van der Waals surface area contributed by atoms with Gasteiger partial charge in [-0.1, -0.05) is 0 Å². The fourth-order valence-electron chi connectivity index (χ4n) is 2.25. The topological polar surface area (TPSA) is 298 Å². The molecule has 0 bridgehead atoms. The summed E-state index contributed by atoms with van der Waals surface area (Å²) in [6, 6.07) is 0. The van der Waals surface area contributed by atoms with Crippen molar-refractivity contribution < 1.29 is 20.4 Å². The number of hydrogen-bond acceptors (Lipinski definition) is 19. The molecular formula is C15H25N15O6. The van der Waals surface area contributed by atoms with E-state index in [1.165, 1.54) is 5.48 Å². The number of nitrogens with zero attached hydrogens (tertiary/aromatic N) is 7. The molecule has 0 saturated carbocycles. The average Bonchev–Trinajstić information content (AvgIpc) is 2.86. The van der Waals surface area contributed by atoms with Gasteiger partial charge in [0.1, 0.15) is 5.82 Å². The smallest absolute Gasteiger partial charge is 0.352 e. The molecule has 0 unspecified atom stereocenters. The Kier molecular flexibility index (Phi) is 11.1. The third-order valence-electron chi connectivity index (χ3n) is 3.63. The SMILES string of the molecule is COCCNc1nc(NO)nc(NCCNc2nc(C)nc(NO)n2)n1.O=c1nc(NO)[nH]c(=O)[nH]1. The standard InChI is InChI=1S/C12H21N11O3.C3H4N4O3/c1-7-16-8(19-11(17-7)22-24)13-3-4-14-9-18-10(15-5-6-26-2)21-12(20-9)23-25;8-2-4-1(7-10)5-3(9)6-2/h24-25H,3-6H2,1-2H3,(H2,13,16,17,19,22)(H3,14,15,18,20,21,23);10H,(H3,4,5,6,7,8,9). The van der Waals surface area contributed by atoms with Crippen LogP contribution in [0.15, 0.2) is 9.59 Å². The first-order valence-electron chi connectivity index (χ1n) is 9.97. The highest BCUT2D eigenvalue weighted by Crippen LogP contribution is 2.08. The molecule has 0 radical (unpaired) electrons. The van der Waals surface area contributed by atoms with Gasteiger partial charge < -0.3 is 20.7 Å². The van der Waals surface area contributed by atoms with Gasteiger partial charge in [-0.25, -0.2) is 26.0 Å². The molecule has 3 heterocycles. The van der Waals surface area contributed by atoms with E-state index < -0.39 is 11.4 Å². The van der Waals surface area contributed by atoms with E-state index >= 15 is 0 Å². The number of methoxy groups -OCH3 is 1. The Hall–Kier alpha value is -4.73. The van der Waals surface area contributed by atoms with E-state index in [9.17, 15) is 9.59 Å². The highest BCUT2D eigenvalue weighted by molar-refractivity contribution is 5.41. The van der Waals surface area contributed by atoms with Crippen LogP contribution in [0.25, 0.3) is 0 Å². The van der Waals surface area contributed by atoms with Crippen molar-refractivity contribution in [3.63, 3.8) is 0 Å². The molecule has 0 aliphatic heterocycles. The molecule has 3 aromatic heterocycles. The van der Waals surface area contributed by atoms with Crippen molar-refractivity contribution in [2.45, 2.75) is 6.92 Å². The van der Waals surface area contributed by atoms with E-state index in [0.29, 0.717) is 38.0 Å². The number of aryl methyl sites for hydroxylation is 1. The third-order valence-corrected chi connectivity index (χ3v) is 3.63. The minimum atomic E-state index is -0.819. The van der Waals surface area contributed by atoms with Gasteiger partial charge in [0.2, 0.25) is 23.8 Å². The van der Waals surface area contributed by atoms with Crippen LogP contribution in [0.4, 0.5) is 35.7 Å². The van der Waals surface area contributed by atoms with Gasteiger partial charge in [0.15, 0.2) is 0 Å². The normalized spacial score (nSPS) is 10.0. The Morgan fingerprint density at radius 2 is 1.19 bits per heavy atom. The predicted octanol–water partition coefficient (Wildman–Crippen LogP) is -2.19. The number of anilines is 6. The fraction of sp³-hybridized carbons (Fsp3) is 0.400. The molecule has 0 atom stereocenters. The lowest BCUT2D eigenvalue weighted by Crippen LogP contribution is -2.25. The second-order valence-electron chi connectivity index (χ2n) is 6.29. The summed E-state index contributed by atoms with van der Waals surface area (Å²) in [6.07, 6.45) is 0. The second kappa shape index (κ2) is 14.5. The number of H-pyrrole nitrogens is 2. The van der Waals surface area contributed by atoms with E-state index in [2.05, 4.69) is 50.8 Å². The molecule has 0 fully saturated rings. The summed E-state index contributed by atoms with van der Waals surface area (Å²) in [5, 5.41) is 34.9. The van der Waals surface area contributed by atoms with Crippen molar-refractivity contribution in [2.24, 2.45) is 0 Å². The first-order chi connectivity index (χ1) is 17.4. The molecule has 36 heavy (non-hydrogen) atoms. The van der Waals surface area contributed by atoms with Crippen molar-refractivity contribution in [3.05, 3.63) is 26.8 Å². The minimum Gasteiger partial charge on any atom is -0.383 e. The molecule has 0 spiro atoms. The summed E-state index contributed by atoms with van der Waals surface area (Å²) < 4.78 is 4.94. The highest BCUT2D eigenvalue weighted by atomic mass is 16.5. The molecule has 3 rings (SSSR count). The average molecular weight is 511 g/mol. The van der Waals surface area contributed by atoms with Crippen LogP contribution in [-0.2, 0) is 4.74 Å². The van der Waals surface area contributed by atoms with Crippen LogP contribution in [0, 0.1) is 6.92 Å². The molecule has 0 amide bonds. The molecular weight excluding hydrogens is 486 g/mol.